The number of nitrogens with one attached hydrogen (secondary N) is 1. The van der Waals surface area contributed by atoms with E-state index < -0.39 is 12.1 Å². The molecule has 9 nitrogen and oxygen atoms in total. The van der Waals surface area contributed by atoms with Gasteiger partial charge in [-0.3, -0.25) is 9.69 Å². The van der Waals surface area contributed by atoms with Crippen molar-refractivity contribution in [3.8, 4) is 5.75 Å². The van der Waals surface area contributed by atoms with Gasteiger partial charge in [-0.1, -0.05) is 0 Å². The minimum absolute atomic E-state index is 0.0592. The lowest BCUT2D eigenvalue weighted by molar-refractivity contribution is -0.120. The highest BCUT2D eigenvalue weighted by Gasteiger charge is 2.44. The SMILES string of the molecule is CN1C(=O)[C@@H](NC(=O)O)COc2ccc(N3CC4(CCOCC4)C3)nc21. The fourth-order valence-corrected chi connectivity index (χ4v) is 3.84. The molecule has 140 valence electrons. The molecule has 0 saturated carbocycles. The monoisotopic (exact) mass is 362 g/mol. The van der Waals surface area contributed by atoms with Crippen LogP contribution in [0.3, 0.4) is 0 Å². The first-order valence-corrected chi connectivity index (χ1v) is 8.71. The lowest BCUT2D eigenvalue weighted by atomic mass is 9.73. The van der Waals surface area contributed by atoms with Gasteiger partial charge < -0.3 is 24.8 Å². The Morgan fingerprint density at radius 2 is 2.08 bits per heavy atom. The first-order chi connectivity index (χ1) is 12.5. The molecule has 1 aromatic rings. The highest BCUT2D eigenvalue weighted by atomic mass is 16.5. The van der Waals surface area contributed by atoms with Crippen molar-refractivity contribution >= 4 is 23.6 Å². The maximum atomic E-state index is 12.5. The Labute approximate surface area is 150 Å². The molecule has 4 heterocycles. The number of amides is 2. The minimum Gasteiger partial charge on any atom is -0.487 e. The van der Waals surface area contributed by atoms with Crippen molar-refractivity contribution < 1.29 is 24.2 Å². The zero-order valence-corrected chi connectivity index (χ0v) is 14.6. The van der Waals surface area contributed by atoms with Gasteiger partial charge in [-0.15, -0.1) is 0 Å². The number of ether oxygens (including phenoxy) is 2. The number of carboxylic acid groups (broad SMARTS) is 1. The summed E-state index contributed by atoms with van der Waals surface area (Å²) in [4.78, 5) is 31.5. The molecule has 4 rings (SSSR count). The van der Waals surface area contributed by atoms with Gasteiger partial charge in [-0.2, -0.15) is 0 Å². The van der Waals surface area contributed by atoms with Crippen LogP contribution in [-0.4, -0.2) is 68.1 Å². The lowest BCUT2D eigenvalue weighted by Crippen LogP contribution is -2.58. The summed E-state index contributed by atoms with van der Waals surface area (Å²) in [5.74, 6) is 1.30. The van der Waals surface area contributed by atoms with Crippen LogP contribution in [0.2, 0.25) is 0 Å². The van der Waals surface area contributed by atoms with Crippen molar-refractivity contribution in [2.75, 3.05) is 49.8 Å². The maximum Gasteiger partial charge on any atom is 0.405 e. The quantitative estimate of drug-likeness (QED) is 0.798. The fraction of sp³-hybridized carbons (Fsp3) is 0.588. The van der Waals surface area contributed by atoms with Gasteiger partial charge in [0.2, 0.25) is 0 Å². The van der Waals surface area contributed by atoms with Crippen molar-refractivity contribution in [3.63, 3.8) is 0 Å². The molecule has 0 aromatic carbocycles. The van der Waals surface area contributed by atoms with E-state index in [2.05, 4.69) is 15.2 Å². The smallest absolute Gasteiger partial charge is 0.405 e. The zero-order chi connectivity index (χ0) is 18.3. The van der Waals surface area contributed by atoms with Crippen molar-refractivity contribution in [3.05, 3.63) is 12.1 Å². The molecule has 3 aliphatic rings. The van der Waals surface area contributed by atoms with E-state index in [0.717, 1.165) is 45.0 Å². The summed E-state index contributed by atoms with van der Waals surface area (Å²) in [5, 5.41) is 11.1. The molecule has 0 aliphatic carbocycles. The van der Waals surface area contributed by atoms with Crippen molar-refractivity contribution in [2.24, 2.45) is 5.41 Å². The molecule has 0 radical (unpaired) electrons. The van der Waals surface area contributed by atoms with Gasteiger partial charge in [0.05, 0.1) is 0 Å². The number of anilines is 2. The molecular weight excluding hydrogens is 340 g/mol. The molecule has 2 fully saturated rings. The summed E-state index contributed by atoms with van der Waals surface area (Å²) >= 11 is 0. The number of aromatic nitrogens is 1. The second kappa shape index (κ2) is 6.31. The first-order valence-electron chi connectivity index (χ1n) is 8.71. The predicted octanol–water partition coefficient (Wildman–Crippen LogP) is 0.690. The zero-order valence-electron chi connectivity index (χ0n) is 14.6. The molecular formula is C17H22N4O5. The molecule has 1 spiro atoms. The maximum absolute atomic E-state index is 12.5. The van der Waals surface area contributed by atoms with Gasteiger partial charge in [0.15, 0.2) is 11.6 Å². The predicted molar refractivity (Wildman–Crippen MR) is 92.8 cm³/mol. The van der Waals surface area contributed by atoms with E-state index in [4.69, 9.17) is 14.6 Å². The van der Waals surface area contributed by atoms with Gasteiger partial charge >= 0.3 is 6.09 Å². The van der Waals surface area contributed by atoms with Crippen molar-refractivity contribution in [2.45, 2.75) is 18.9 Å². The van der Waals surface area contributed by atoms with E-state index in [0.29, 0.717) is 17.0 Å². The number of pyridine rings is 1. The summed E-state index contributed by atoms with van der Waals surface area (Å²) in [6, 6.07) is 2.72. The topological polar surface area (TPSA) is 104 Å². The van der Waals surface area contributed by atoms with E-state index in [1.807, 2.05) is 6.07 Å². The minimum atomic E-state index is -1.26. The Kier molecular flexibility index (Phi) is 4.10. The molecule has 26 heavy (non-hydrogen) atoms. The number of hydrogen-bond acceptors (Lipinski definition) is 6. The molecule has 1 aromatic heterocycles. The van der Waals surface area contributed by atoms with E-state index >= 15 is 0 Å². The van der Waals surface area contributed by atoms with Gasteiger partial charge in [0.1, 0.15) is 18.5 Å². The van der Waals surface area contributed by atoms with Crippen molar-refractivity contribution in [1.29, 1.82) is 0 Å². The number of fused-ring (bicyclic) bond motifs is 1. The van der Waals surface area contributed by atoms with Gasteiger partial charge in [0.25, 0.3) is 5.91 Å². The number of carbonyl (C=O) groups is 2. The largest absolute Gasteiger partial charge is 0.487 e. The third-order valence-electron chi connectivity index (χ3n) is 5.40. The standard InChI is InChI=1S/C17H22N4O5/c1-20-14-12(26-8-11(15(20)22)18-16(23)24)2-3-13(19-14)21-9-17(10-21)4-6-25-7-5-17/h2-3,11,18H,4-10H2,1H3,(H,23,24)/t11-/m0/s1. The Morgan fingerprint density at radius 3 is 2.77 bits per heavy atom. The third-order valence-corrected chi connectivity index (χ3v) is 5.40. The Hall–Kier alpha value is -2.55. The summed E-state index contributed by atoms with van der Waals surface area (Å²) in [6.45, 7) is 3.44. The van der Waals surface area contributed by atoms with E-state index in [1.54, 1.807) is 13.1 Å². The molecule has 2 amide bonds. The second-order valence-corrected chi connectivity index (χ2v) is 7.17. The van der Waals surface area contributed by atoms with Crippen LogP contribution < -0.4 is 19.9 Å². The Balaban J connectivity index is 1.52. The van der Waals surface area contributed by atoms with E-state index in [-0.39, 0.29) is 12.5 Å². The summed E-state index contributed by atoms with van der Waals surface area (Å²) < 4.78 is 11.1. The van der Waals surface area contributed by atoms with Crippen LogP contribution in [0.1, 0.15) is 12.8 Å². The summed E-state index contributed by atoms with van der Waals surface area (Å²) in [7, 11) is 1.58. The molecule has 0 bridgehead atoms. The van der Waals surface area contributed by atoms with Crippen LogP contribution in [0.5, 0.6) is 5.75 Å². The highest BCUT2D eigenvalue weighted by molar-refractivity contribution is 5.99. The number of rotatable bonds is 2. The second-order valence-electron chi connectivity index (χ2n) is 7.17. The number of nitrogens with zero attached hydrogens (tertiary/aromatic N) is 3. The molecule has 2 saturated heterocycles. The first kappa shape index (κ1) is 16.9. The van der Waals surface area contributed by atoms with E-state index in [9.17, 15) is 9.59 Å². The van der Waals surface area contributed by atoms with E-state index in [1.165, 1.54) is 4.90 Å². The van der Waals surface area contributed by atoms with Crippen LogP contribution in [0, 0.1) is 5.41 Å². The molecule has 3 aliphatic heterocycles. The Bertz CT molecular complexity index is 726. The number of carbonyl (C=O) groups excluding carboxylic acids is 1. The van der Waals surface area contributed by atoms with Crippen molar-refractivity contribution in [1.82, 2.24) is 10.3 Å². The van der Waals surface area contributed by atoms with Crippen LogP contribution in [0.25, 0.3) is 0 Å². The number of hydrogen-bond donors (Lipinski definition) is 2. The normalized spacial score (nSPS) is 24.3. The van der Waals surface area contributed by atoms with Crippen LogP contribution in [0.4, 0.5) is 16.4 Å². The summed E-state index contributed by atoms with van der Waals surface area (Å²) in [6.07, 6.45) is 0.874. The lowest BCUT2D eigenvalue weighted by Gasteiger charge is -2.52. The van der Waals surface area contributed by atoms with Gasteiger partial charge in [-0.25, -0.2) is 9.78 Å². The van der Waals surface area contributed by atoms with Gasteiger partial charge in [0, 0.05) is 38.8 Å². The Morgan fingerprint density at radius 1 is 1.35 bits per heavy atom. The highest BCUT2D eigenvalue weighted by Crippen LogP contribution is 2.42. The summed E-state index contributed by atoms with van der Waals surface area (Å²) in [5.41, 5.74) is 0.321. The fourth-order valence-electron chi connectivity index (χ4n) is 3.84. The number of likely N-dealkylation sites (N-methyl/N-ethyl adjacent to an activating group) is 1. The molecule has 9 heteroatoms. The third kappa shape index (κ3) is 2.92. The van der Waals surface area contributed by atoms with Crippen LogP contribution >= 0.6 is 0 Å². The van der Waals surface area contributed by atoms with Crippen LogP contribution in [0.15, 0.2) is 12.1 Å². The average Bonchev–Trinajstić information content (AvgIpc) is 2.72. The molecule has 2 N–H and O–H groups in total. The van der Waals surface area contributed by atoms with Crippen LogP contribution in [-0.2, 0) is 9.53 Å². The molecule has 0 unspecified atom stereocenters. The van der Waals surface area contributed by atoms with Gasteiger partial charge in [-0.05, 0) is 25.0 Å². The average molecular weight is 362 g/mol. The molecule has 1 atom stereocenters.